The lowest BCUT2D eigenvalue weighted by Gasteiger charge is -2.46. The van der Waals surface area contributed by atoms with Crippen molar-refractivity contribution < 1.29 is 14.6 Å². The Balaban J connectivity index is 2.07. The van der Waals surface area contributed by atoms with E-state index in [1.54, 1.807) is 11.0 Å². The van der Waals surface area contributed by atoms with Crippen molar-refractivity contribution in [2.45, 2.75) is 50.9 Å². The third kappa shape index (κ3) is 2.30. The molecule has 3 rings (SSSR count). The van der Waals surface area contributed by atoms with Crippen LogP contribution >= 0.6 is 11.3 Å². The number of carbonyl (C=O) groups is 1. The van der Waals surface area contributed by atoms with E-state index in [4.69, 9.17) is 10.00 Å². The van der Waals surface area contributed by atoms with Gasteiger partial charge in [0.2, 0.25) is 5.91 Å². The summed E-state index contributed by atoms with van der Waals surface area (Å²) in [6.07, 6.45) is 1.56. The molecule has 1 aromatic heterocycles. The SMILES string of the molecule is CC1(C)Oc2cc(C#N)sc2[C@H](N2CCCCC2=O)[C@H]1O. The van der Waals surface area contributed by atoms with Gasteiger partial charge >= 0.3 is 0 Å². The standard InChI is InChI=1S/C15H18N2O3S/c1-15(2)14(19)12(17-6-4-3-5-11(17)18)13-10(20-15)7-9(8-16)21-13/h7,12,14,19H,3-6H2,1-2H3/t12-,14+/m0/s1. The molecule has 0 saturated carbocycles. The molecule has 0 unspecified atom stereocenters. The fourth-order valence-electron chi connectivity index (χ4n) is 3.03. The summed E-state index contributed by atoms with van der Waals surface area (Å²) < 4.78 is 5.84. The number of aliphatic hydroxyl groups is 1. The number of carbonyl (C=O) groups excluding carboxylic acids is 1. The van der Waals surface area contributed by atoms with Crippen LogP contribution in [0.2, 0.25) is 0 Å². The van der Waals surface area contributed by atoms with Crippen molar-refractivity contribution in [2.24, 2.45) is 0 Å². The highest BCUT2D eigenvalue weighted by Crippen LogP contribution is 2.47. The van der Waals surface area contributed by atoms with Crippen LogP contribution in [0.15, 0.2) is 6.07 Å². The predicted octanol–water partition coefficient (Wildman–Crippen LogP) is 2.21. The van der Waals surface area contributed by atoms with Crippen LogP contribution in [0.1, 0.15) is 48.9 Å². The zero-order valence-electron chi connectivity index (χ0n) is 12.1. The maximum absolute atomic E-state index is 12.2. The third-order valence-electron chi connectivity index (χ3n) is 4.18. The van der Waals surface area contributed by atoms with E-state index in [0.29, 0.717) is 23.6 Å². The Morgan fingerprint density at radius 3 is 2.95 bits per heavy atom. The average Bonchev–Trinajstić information content (AvgIpc) is 2.83. The Hall–Kier alpha value is -1.58. The first-order valence-electron chi connectivity index (χ1n) is 7.14. The molecule has 0 bridgehead atoms. The van der Waals surface area contributed by atoms with E-state index in [9.17, 15) is 9.90 Å². The molecule has 0 aliphatic carbocycles. The highest BCUT2D eigenvalue weighted by Gasteiger charge is 2.48. The number of hydrogen-bond donors (Lipinski definition) is 1. The van der Waals surface area contributed by atoms with Gasteiger partial charge in [0.1, 0.15) is 28.4 Å². The van der Waals surface area contributed by atoms with E-state index in [2.05, 4.69) is 6.07 Å². The number of ether oxygens (including phenoxy) is 1. The van der Waals surface area contributed by atoms with Gasteiger partial charge in [-0.05, 0) is 26.7 Å². The van der Waals surface area contributed by atoms with E-state index in [-0.39, 0.29) is 5.91 Å². The largest absolute Gasteiger partial charge is 0.484 e. The molecular formula is C15H18N2O3S. The van der Waals surface area contributed by atoms with Crippen LogP contribution in [0, 0.1) is 11.3 Å². The minimum absolute atomic E-state index is 0.0702. The van der Waals surface area contributed by atoms with Crippen LogP contribution in [-0.2, 0) is 4.79 Å². The van der Waals surface area contributed by atoms with E-state index >= 15 is 0 Å². The number of aliphatic hydroxyl groups excluding tert-OH is 1. The zero-order valence-corrected chi connectivity index (χ0v) is 12.9. The van der Waals surface area contributed by atoms with Crippen molar-refractivity contribution in [1.29, 1.82) is 5.26 Å². The van der Waals surface area contributed by atoms with Gasteiger partial charge in [-0.15, -0.1) is 11.3 Å². The first-order chi connectivity index (χ1) is 9.94. The van der Waals surface area contributed by atoms with Crippen molar-refractivity contribution in [1.82, 2.24) is 4.90 Å². The van der Waals surface area contributed by atoms with Gasteiger partial charge in [-0.25, -0.2) is 0 Å². The Morgan fingerprint density at radius 1 is 1.52 bits per heavy atom. The lowest BCUT2D eigenvalue weighted by molar-refractivity contribution is -0.146. The van der Waals surface area contributed by atoms with Crippen molar-refractivity contribution in [2.75, 3.05) is 6.54 Å². The minimum atomic E-state index is -0.808. The van der Waals surface area contributed by atoms with Gasteiger partial charge in [0.25, 0.3) is 0 Å². The summed E-state index contributed by atoms with van der Waals surface area (Å²) >= 11 is 1.30. The molecule has 112 valence electrons. The average molecular weight is 306 g/mol. The Morgan fingerprint density at radius 2 is 2.29 bits per heavy atom. The van der Waals surface area contributed by atoms with Gasteiger partial charge < -0.3 is 14.7 Å². The molecule has 1 aromatic rings. The molecular weight excluding hydrogens is 288 g/mol. The minimum Gasteiger partial charge on any atom is -0.484 e. The third-order valence-corrected chi connectivity index (χ3v) is 5.28. The summed E-state index contributed by atoms with van der Waals surface area (Å²) in [5, 5.41) is 19.8. The first kappa shape index (κ1) is 14.4. The monoisotopic (exact) mass is 306 g/mol. The van der Waals surface area contributed by atoms with Crippen molar-refractivity contribution in [3.8, 4) is 11.8 Å². The zero-order chi connectivity index (χ0) is 15.2. The molecule has 1 amide bonds. The summed E-state index contributed by atoms with van der Waals surface area (Å²) in [5.41, 5.74) is -0.788. The van der Waals surface area contributed by atoms with E-state index in [1.807, 2.05) is 13.8 Å². The van der Waals surface area contributed by atoms with E-state index < -0.39 is 17.7 Å². The molecule has 2 atom stereocenters. The number of hydrogen-bond acceptors (Lipinski definition) is 5. The van der Waals surface area contributed by atoms with Crippen LogP contribution in [0.4, 0.5) is 0 Å². The Bertz CT molecular complexity index is 617. The molecule has 6 heteroatoms. The molecule has 21 heavy (non-hydrogen) atoms. The molecule has 1 saturated heterocycles. The van der Waals surface area contributed by atoms with Gasteiger partial charge in [0, 0.05) is 19.0 Å². The lowest BCUT2D eigenvalue weighted by Crippen LogP contribution is -2.55. The molecule has 1 fully saturated rings. The number of piperidine rings is 1. The van der Waals surface area contributed by atoms with E-state index in [1.165, 1.54) is 11.3 Å². The van der Waals surface area contributed by atoms with Gasteiger partial charge in [-0.1, -0.05) is 0 Å². The topological polar surface area (TPSA) is 73.6 Å². The summed E-state index contributed by atoms with van der Waals surface area (Å²) in [6.45, 7) is 4.27. The molecule has 2 aliphatic heterocycles. The van der Waals surface area contributed by atoms with Crippen molar-refractivity contribution in [3.63, 3.8) is 0 Å². The van der Waals surface area contributed by atoms with Gasteiger partial charge in [-0.3, -0.25) is 4.79 Å². The first-order valence-corrected chi connectivity index (χ1v) is 7.96. The molecule has 0 radical (unpaired) electrons. The highest BCUT2D eigenvalue weighted by molar-refractivity contribution is 7.13. The quantitative estimate of drug-likeness (QED) is 0.863. The summed E-state index contributed by atoms with van der Waals surface area (Å²) in [4.78, 5) is 15.3. The maximum Gasteiger partial charge on any atom is 0.223 e. The molecule has 0 aromatic carbocycles. The normalized spacial score (nSPS) is 27.7. The van der Waals surface area contributed by atoms with E-state index in [0.717, 1.165) is 17.7 Å². The molecule has 0 spiro atoms. The molecule has 5 nitrogen and oxygen atoms in total. The van der Waals surface area contributed by atoms with Gasteiger partial charge in [0.15, 0.2) is 0 Å². The van der Waals surface area contributed by atoms with Gasteiger partial charge in [-0.2, -0.15) is 5.26 Å². The second-order valence-electron chi connectivity index (χ2n) is 6.09. The van der Waals surface area contributed by atoms with Crippen LogP contribution < -0.4 is 4.74 Å². The molecule has 3 heterocycles. The Kier molecular flexibility index (Phi) is 3.42. The van der Waals surface area contributed by atoms with Crippen LogP contribution in [0.3, 0.4) is 0 Å². The molecule has 2 aliphatic rings. The van der Waals surface area contributed by atoms with Crippen LogP contribution in [0.5, 0.6) is 5.75 Å². The highest BCUT2D eigenvalue weighted by atomic mass is 32.1. The summed E-state index contributed by atoms with van der Waals surface area (Å²) in [5.74, 6) is 0.691. The number of nitrogens with zero attached hydrogens (tertiary/aromatic N) is 2. The second-order valence-corrected chi connectivity index (χ2v) is 7.17. The molecule has 1 N–H and O–H groups in total. The summed E-state index contributed by atoms with van der Waals surface area (Å²) in [7, 11) is 0. The van der Waals surface area contributed by atoms with Crippen molar-refractivity contribution in [3.05, 3.63) is 15.8 Å². The van der Waals surface area contributed by atoms with Crippen LogP contribution in [-0.4, -0.2) is 34.2 Å². The number of likely N-dealkylation sites (tertiary alicyclic amines) is 1. The number of fused-ring (bicyclic) bond motifs is 1. The summed E-state index contributed by atoms with van der Waals surface area (Å²) in [6, 6.07) is 3.40. The number of nitriles is 1. The van der Waals surface area contributed by atoms with Crippen LogP contribution in [0.25, 0.3) is 0 Å². The fraction of sp³-hybridized carbons (Fsp3) is 0.600. The Labute approximate surface area is 127 Å². The van der Waals surface area contributed by atoms with Crippen molar-refractivity contribution >= 4 is 17.2 Å². The number of rotatable bonds is 1. The maximum atomic E-state index is 12.2. The number of amides is 1. The predicted molar refractivity (Wildman–Crippen MR) is 78.1 cm³/mol. The lowest BCUT2D eigenvalue weighted by atomic mass is 9.88. The fourth-order valence-corrected chi connectivity index (χ4v) is 4.06. The smallest absolute Gasteiger partial charge is 0.223 e. The number of thiophene rings is 1. The second kappa shape index (κ2) is 5.00. The van der Waals surface area contributed by atoms with Gasteiger partial charge in [0.05, 0.1) is 10.9 Å².